The predicted octanol–water partition coefficient (Wildman–Crippen LogP) is 2.39. The average molecular weight is 373 g/mol. The van der Waals surface area contributed by atoms with E-state index in [1.807, 2.05) is 36.6 Å². The molecule has 7 heteroatoms. The number of thiazole rings is 1. The molecule has 1 aromatic carbocycles. The van der Waals surface area contributed by atoms with Crippen molar-refractivity contribution in [3.05, 3.63) is 35.3 Å². The van der Waals surface area contributed by atoms with Crippen molar-refractivity contribution in [2.24, 2.45) is 5.92 Å². The van der Waals surface area contributed by atoms with Gasteiger partial charge in [-0.3, -0.25) is 9.59 Å². The van der Waals surface area contributed by atoms with Crippen molar-refractivity contribution in [2.45, 2.75) is 26.2 Å². The van der Waals surface area contributed by atoms with Crippen LogP contribution in [0, 0.1) is 5.92 Å². The quantitative estimate of drug-likeness (QED) is 0.662. The van der Waals surface area contributed by atoms with E-state index in [0.717, 1.165) is 34.9 Å². The lowest BCUT2D eigenvalue weighted by Crippen LogP contribution is -2.35. The first kappa shape index (κ1) is 18.4. The fourth-order valence-electron chi connectivity index (χ4n) is 2.54. The molecule has 0 atom stereocenters. The van der Waals surface area contributed by atoms with E-state index in [2.05, 4.69) is 15.6 Å². The Morgan fingerprint density at radius 3 is 2.77 bits per heavy atom. The van der Waals surface area contributed by atoms with Crippen LogP contribution in [0.5, 0.6) is 5.75 Å². The number of aromatic nitrogens is 1. The largest absolute Gasteiger partial charge is 0.493 e. The fourth-order valence-corrected chi connectivity index (χ4v) is 3.39. The Bertz CT molecular complexity index is 771. The number of amides is 2. The van der Waals surface area contributed by atoms with E-state index >= 15 is 0 Å². The minimum Gasteiger partial charge on any atom is -0.493 e. The van der Waals surface area contributed by atoms with Gasteiger partial charge in [-0.1, -0.05) is 12.1 Å². The van der Waals surface area contributed by atoms with Crippen LogP contribution in [0.15, 0.2) is 29.6 Å². The van der Waals surface area contributed by atoms with Gasteiger partial charge in [-0.2, -0.15) is 0 Å². The number of carbonyl (C=O) groups excluding carboxylic acids is 2. The van der Waals surface area contributed by atoms with E-state index in [-0.39, 0.29) is 24.2 Å². The third-order valence-corrected chi connectivity index (χ3v) is 4.93. The summed E-state index contributed by atoms with van der Waals surface area (Å²) in [5.41, 5.74) is 1.67. The maximum Gasteiger partial charge on any atom is 0.226 e. The number of ether oxygens (including phenoxy) is 1. The number of rotatable bonds is 9. The van der Waals surface area contributed by atoms with E-state index in [4.69, 9.17) is 4.74 Å². The third-order valence-electron chi connectivity index (χ3n) is 4.01. The molecule has 1 aromatic heterocycles. The Morgan fingerprint density at radius 1 is 1.23 bits per heavy atom. The Hall–Kier alpha value is -2.41. The van der Waals surface area contributed by atoms with E-state index in [1.165, 1.54) is 11.3 Å². The van der Waals surface area contributed by atoms with Gasteiger partial charge >= 0.3 is 0 Å². The van der Waals surface area contributed by atoms with Crippen LogP contribution < -0.4 is 15.4 Å². The zero-order chi connectivity index (χ0) is 18.4. The van der Waals surface area contributed by atoms with Gasteiger partial charge in [0.2, 0.25) is 11.8 Å². The molecule has 1 fully saturated rings. The first-order valence-electron chi connectivity index (χ1n) is 8.88. The lowest BCUT2D eigenvalue weighted by Gasteiger charge is -2.07. The third kappa shape index (κ3) is 5.05. The molecule has 3 rings (SSSR count). The van der Waals surface area contributed by atoms with Crippen LogP contribution in [0.1, 0.15) is 25.5 Å². The van der Waals surface area contributed by atoms with Crippen molar-refractivity contribution >= 4 is 23.2 Å². The molecule has 138 valence electrons. The summed E-state index contributed by atoms with van der Waals surface area (Å²) in [6.07, 6.45) is 2.19. The van der Waals surface area contributed by atoms with Gasteiger partial charge in [0.15, 0.2) is 0 Å². The lowest BCUT2D eigenvalue weighted by atomic mass is 10.2. The fraction of sp³-hybridized carbons (Fsp3) is 0.421. The maximum atomic E-state index is 12.0. The Labute approximate surface area is 157 Å². The van der Waals surface area contributed by atoms with Crippen LogP contribution in [-0.2, 0) is 16.0 Å². The van der Waals surface area contributed by atoms with Crippen molar-refractivity contribution < 1.29 is 14.3 Å². The SMILES string of the molecule is CCOc1ccccc1-c1nc(CC(=O)NCCNC(=O)C2CC2)cs1. The topological polar surface area (TPSA) is 80.3 Å². The van der Waals surface area contributed by atoms with Crippen molar-refractivity contribution in [3.8, 4) is 16.3 Å². The molecule has 26 heavy (non-hydrogen) atoms. The number of hydrogen-bond acceptors (Lipinski definition) is 5. The van der Waals surface area contributed by atoms with Gasteiger partial charge in [0, 0.05) is 24.4 Å². The highest BCUT2D eigenvalue weighted by atomic mass is 32.1. The summed E-state index contributed by atoms with van der Waals surface area (Å²) in [5.74, 6) is 0.988. The minimum absolute atomic E-state index is 0.0938. The summed E-state index contributed by atoms with van der Waals surface area (Å²) in [6.45, 7) is 3.43. The van der Waals surface area contributed by atoms with Gasteiger partial charge in [0.25, 0.3) is 0 Å². The van der Waals surface area contributed by atoms with Crippen LogP contribution in [0.3, 0.4) is 0 Å². The van der Waals surface area contributed by atoms with E-state index < -0.39 is 0 Å². The Kier molecular flexibility index (Phi) is 6.22. The predicted molar refractivity (Wildman–Crippen MR) is 101 cm³/mol. The smallest absolute Gasteiger partial charge is 0.226 e. The highest BCUT2D eigenvalue weighted by molar-refractivity contribution is 7.13. The molecule has 1 heterocycles. The van der Waals surface area contributed by atoms with Crippen molar-refractivity contribution in [1.29, 1.82) is 0 Å². The van der Waals surface area contributed by atoms with Crippen LogP contribution >= 0.6 is 11.3 Å². The molecule has 6 nitrogen and oxygen atoms in total. The molecule has 2 N–H and O–H groups in total. The van der Waals surface area contributed by atoms with E-state index in [0.29, 0.717) is 19.7 Å². The highest BCUT2D eigenvalue weighted by Gasteiger charge is 2.28. The molecule has 0 radical (unpaired) electrons. The lowest BCUT2D eigenvalue weighted by molar-refractivity contribution is -0.123. The summed E-state index contributed by atoms with van der Waals surface area (Å²) >= 11 is 1.50. The number of carbonyl (C=O) groups is 2. The van der Waals surface area contributed by atoms with Gasteiger partial charge in [-0.05, 0) is 31.9 Å². The second-order valence-corrected chi connectivity index (χ2v) is 7.02. The monoisotopic (exact) mass is 373 g/mol. The van der Waals surface area contributed by atoms with E-state index in [1.54, 1.807) is 0 Å². The first-order valence-corrected chi connectivity index (χ1v) is 9.76. The first-order chi connectivity index (χ1) is 12.7. The minimum atomic E-state index is -0.0967. The molecule has 0 spiro atoms. The molecule has 2 amide bonds. The van der Waals surface area contributed by atoms with Crippen LogP contribution in [0.4, 0.5) is 0 Å². The Morgan fingerprint density at radius 2 is 2.00 bits per heavy atom. The van der Waals surface area contributed by atoms with Crippen LogP contribution in [-0.4, -0.2) is 36.5 Å². The van der Waals surface area contributed by atoms with Crippen molar-refractivity contribution in [1.82, 2.24) is 15.6 Å². The molecule has 1 saturated carbocycles. The average Bonchev–Trinajstić information content (AvgIpc) is 3.39. The summed E-state index contributed by atoms with van der Waals surface area (Å²) in [4.78, 5) is 28.1. The van der Waals surface area contributed by atoms with Gasteiger partial charge in [0.1, 0.15) is 10.8 Å². The summed E-state index contributed by atoms with van der Waals surface area (Å²) in [6, 6.07) is 7.76. The number of nitrogens with one attached hydrogen (secondary N) is 2. The number of nitrogens with zero attached hydrogens (tertiary/aromatic N) is 1. The molecule has 0 unspecified atom stereocenters. The molecule has 0 aliphatic heterocycles. The molecular formula is C19H23N3O3S. The van der Waals surface area contributed by atoms with Crippen LogP contribution in [0.2, 0.25) is 0 Å². The van der Waals surface area contributed by atoms with Crippen molar-refractivity contribution in [2.75, 3.05) is 19.7 Å². The molecular weight excluding hydrogens is 350 g/mol. The number of para-hydroxylation sites is 1. The van der Waals surface area contributed by atoms with E-state index in [9.17, 15) is 9.59 Å². The second kappa shape index (κ2) is 8.80. The highest BCUT2D eigenvalue weighted by Crippen LogP contribution is 2.32. The summed E-state index contributed by atoms with van der Waals surface area (Å²) in [7, 11) is 0. The standard InChI is InChI=1S/C19H23N3O3S/c1-2-25-16-6-4-3-5-15(16)19-22-14(12-26-19)11-17(23)20-9-10-21-18(24)13-7-8-13/h3-6,12-13H,2,7-11H2,1H3,(H,20,23)(H,21,24). The maximum absolute atomic E-state index is 12.0. The molecule has 0 bridgehead atoms. The Balaban J connectivity index is 1.48. The molecule has 1 aliphatic rings. The molecule has 2 aromatic rings. The number of benzene rings is 1. The second-order valence-electron chi connectivity index (χ2n) is 6.17. The van der Waals surface area contributed by atoms with Gasteiger partial charge < -0.3 is 15.4 Å². The van der Waals surface area contributed by atoms with Crippen molar-refractivity contribution in [3.63, 3.8) is 0 Å². The summed E-state index contributed by atoms with van der Waals surface area (Å²) < 4.78 is 5.64. The molecule has 1 aliphatic carbocycles. The van der Waals surface area contributed by atoms with Crippen LogP contribution in [0.25, 0.3) is 10.6 Å². The van der Waals surface area contributed by atoms with Gasteiger partial charge in [-0.15, -0.1) is 11.3 Å². The number of hydrogen-bond donors (Lipinski definition) is 2. The normalized spacial score (nSPS) is 13.3. The zero-order valence-electron chi connectivity index (χ0n) is 14.8. The summed E-state index contributed by atoms with van der Waals surface area (Å²) in [5, 5.41) is 8.38. The van der Waals surface area contributed by atoms with Gasteiger partial charge in [0.05, 0.1) is 24.3 Å². The molecule has 0 saturated heterocycles. The zero-order valence-corrected chi connectivity index (χ0v) is 15.6. The van der Waals surface area contributed by atoms with Gasteiger partial charge in [-0.25, -0.2) is 4.98 Å².